The second-order valence-electron chi connectivity index (χ2n) is 9.51. The lowest BCUT2D eigenvalue weighted by atomic mass is 9.97. The van der Waals surface area contributed by atoms with Gasteiger partial charge in [0.05, 0.1) is 11.6 Å². The van der Waals surface area contributed by atoms with E-state index in [2.05, 4.69) is 29.4 Å². The zero-order chi connectivity index (χ0) is 24.8. The highest BCUT2D eigenvalue weighted by molar-refractivity contribution is 6.06. The van der Waals surface area contributed by atoms with Crippen LogP contribution in [0.25, 0.3) is 0 Å². The van der Waals surface area contributed by atoms with Gasteiger partial charge in [-0.2, -0.15) is 0 Å². The first-order valence-corrected chi connectivity index (χ1v) is 12.6. The maximum atomic E-state index is 13.5. The quantitative estimate of drug-likeness (QED) is 0.431. The number of anilines is 2. The monoisotopic (exact) mass is 469 g/mol. The topological polar surface area (TPSA) is 61.4 Å². The maximum Gasteiger partial charge on any atom is 0.255 e. The number of nitrogens with zero attached hydrogens (tertiary/aromatic N) is 1. The Morgan fingerprint density at radius 1 is 0.943 bits per heavy atom. The second-order valence-corrected chi connectivity index (χ2v) is 9.51. The molecule has 1 aliphatic heterocycles. The molecule has 0 saturated carbocycles. The number of hydrogen-bond acceptors (Lipinski definition) is 3. The van der Waals surface area contributed by atoms with E-state index in [0.717, 1.165) is 43.6 Å². The van der Waals surface area contributed by atoms with Gasteiger partial charge in [-0.25, -0.2) is 0 Å². The minimum absolute atomic E-state index is 0.131. The third-order valence-corrected chi connectivity index (χ3v) is 6.89. The standard InChI is InChI=1S/C30H35N3O2/c1-4-23-10-12-25(13-11-23)29(34)32-26-14-15-28(33-18-16-21(2)17-19-33)27(20-26)30(35)31-22(3)24-8-6-5-7-9-24/h5-15,20-22H,4,16-19H2,1-3H3,(H,31,35)(H,32,34). The van der Waals surface area contributed by atoms with Gasteiger partial charge in [-0.3, -0.25) is 9.59 Å². The molecule has 1 heterocycles. The van der Waals surface area contributed by atoms with E-state index in [9.17, 15) is 9.59 Å². The highest BCUT2D eigenvalue weighted by atomic mass is 16.2. The van der Waals surface area contributed by atoms with Gasteiger partial charge in [0.15, 0.2) is 0 Å². The van der Waals surface area contributed by atoms with Gasteiger partial charge in [-0.1, -0.05) is 56.3 Å². The molecule has 0 bridgehead atoms. The Balaban J connectivity index is 1.58. The van der Waals surface area contributed by atoms with Gasteiger partial charge in [-0.15, -0.1) is 0 Å². The molecule has 0 aromatic heterocycles. The average molecular weight is 470 g/mol. The van der Waals surface area contributed by atoms with Crippen LogP contribution in [-0.2, 0) is 6.42 Å². The number of hydrogen-bond donors (Lipinski definition) is 2. The maximum absolute atomic E-state index is 13.5. The van der Waals surface area contributed by atoms with Crippen molar-refractivity contribution in [2.24, 2.45) is 5.92 Å². The fourth-order valence-electron chi connectivity index (χ4n) is 4.52. The SMILES string of the molecule is CCc1ccc(C(=O)Nc2ccc(N3CCC(C)CC3)c(C(=O)NC(C)c3ccccc3)c2)cc1. The lowest BCUT2D eigenvalue weighted by molar-refractivity contribution is 0.0939. The van der Waals surface area contributed by atoms with Crippen LogP contribution < -0.4 is 15.5 Å². The van der Waals surface area contributed by atoms with Crippen molar-refractivity contribution in [3.05, 3.63) is 95.1 Å². The van der Waals surface area contributed by atoms with Crippen LogP contribution in [0.3, 0.4) is 0 Å². The van der Waals surface area contributed by atoms with E-state index in [1.807, 2.05) is 73.7 Å². The number of nitrogens with one attached hydrogen (secondary N) is 2. The van der Waals surface area contributed by atoms with E-state index in [0.29, 0.717) is 22.7 Å². The summed E-state index contributed by atoms with van der Waals surface area (Å²) >= 11 is 0. The molecule has 0 radical (unpaired) electrons. The highest BCUT2D eigenvalue weighted by Gasteiger charge is 2.23. The number of benzene rings is 3. The van der Waals surface area contributed by atoms with Crippen LogP contribution in [0.15, 0.2) is 72.8 Å². The molecule has 2 amide bonds. The Bertz CT molecular complexity index is 1150. The molecule has 0 aliphatic carbocycles. The Morgan fingerprint density at radius 2 is 1.63 bits per heavy atom. The lowest BCUT2D eigenvalue weighted by Crippen LogP contribution is -2.35. The lowest BCUT2D eigenvalue weighted by Gasteiger charge is -2.33. The molecule has 1 fully saturated rings. The minimum Gasteiger partial charge on any atom is -0.371 e. The summed E-state index contributed by atoms with van der Waals surface area (Å²) < 4.78 is 0. The Morgan fingerprint density at radius 3 is 2.29 bits per heavy atom. The van der Waals surface area contributed by atoms with Crippen molar-refractivity contribution in [2.75, 3.05) is 23.3 Å². The van der Waals surface area contributed by atoms with E-state index >= 15 is 0 Å². The van der Waals surface area contributed by atoms with E-state index in [1.54, 1.807) is 6.07 Å². The molecular weight excluding hydrogens is 434 g/mol. The van der Waals surface area contributed by atoms with E-state index in [4.69, 9.17) is 0 Å². The van der Waals surface area contributed by atoms with Crippen LogP contribution in [0.1, 0.15) is 71.5 Å². The summed E-state index contributed by atoms with van der Waals surface area (Å²) in [4.78, 5) is 28.6. The molecule has 5 heteroatoms. The second kappa shape index (κ2) is 11.2. The molecule has 2 N–H and O–H groups in total. The molecule has 3 aromatic rings. The van der Waals surface area contributed by atoms with Crippen molar-refractivity contribution in [3.63, 3.8) is 0 Å². The van der Waals surface area contributed by atoms with Gasteiger partial charge in [0.25, 0.3) is 11.8 Å². The predicted molar refractivity (Wildman–Crippen MR) is 143 cm³/mol. The summed E-state index contributed by atoms with van der Waals surface area (Å²) in [5, 5.41) is 6.12. The smallest absolute Gasteiger partial charge is 0.255 e. The van der Waals surface area contributed by atoms with Crippen molar-refractivity contribution in [1.29, 1.82) is 0 Å². The van der Waals surface area contributed by atoms with Crippen molar-refractivity contribution in [2.45, 2.75) is 46.1 Å². The van der Waals surface area contributed by atoms with E-state index in [1.165, 1.54) is 5.56 Å². The van der Waals surface area contributed by atoms with Crippen molar-refractivity contribution >= 4 is 23.2 Å². The Labute approximate surface area is 208 Å². The van der Waals surface area contributed by atoms with Crippen LogP contribution in [0, 0.1) is 5.92 Å². The summed E-state index contributed by atoms with van der Waals surface area (Å²) in [5.74, 6) is 0.369. The summed E-state index contributed by atoms with van der Waals surface area (Å²) in [7, 11) is 0. The van der Waals surface area contributed by atoms with Gasteiger partial charge < -0.3 is 15.5 Å². The summed E-state index contributed by atoms with van der Waals surface area (Å²) in [6.07, 6.45) is 3.14. The first-order valence-electron chi connectivity index (χ1n) is 12.6. The largest absolute Gasteiger partial charge is 0.371 e. The van der Waals surface area contributed by atoms with Gasteiger partial charge >= 0.3 is 0 Å². The van der Waals surface area contributed by atoms with E-state index < -0.39 is 0 Å². The minimum atomic E-state index is -0.184. The molecule has 35 heavy (non-hydrogen) atoms. The third kappa shape index (κ3) is 6.10. The molecular formula is C30H35N3O2. The van der Waals surface area contributed by atoms with E-state index in [-0.39, 0.29) is 17.9 Å². The van der Waals surface area contributed by atoms with Crippen LogP contribution in [-0.4, -0.2) is 24.9 Å². The summed E-state index contributed by atoms with van der Waals surface area (Å²) in [6, 6.07) is 23.1. The fraction of sp³-hybridized carbons (Fsp3) is 0.333. The van der Waals surface area contributed by atoms with Gasteiger partial charge in [0.1, 0.15) is 0 Å². The third-order valence-electron chi connectivity index (χ3n) is 6.89. The summed E-state index contributed by atoms with van der Waals surface area (Å²) in [5.41, 5.74) is 4.95. The Hall–Kier alpha value is -3.60. The van der Waals surface area contributed by atoms with Crippen LogP contribution >= 0.6 is 0 Å². The molecule has 4 rings (SSSR count). The van der Waals surface area contributed by atoms with Crippen LogP contribution in [0.2, 0.25) is 0 Å². The number of carbonyl (C=O) groups is 2. The normalized spacial score (nSPS) is 14.9. The number of aryl methyl sites for hydroxylation is 1. The van der Waals surface area contributed by atoms with Gasteiger partial charge in [0, 0.05) is 30.0 Å². The number of piperidine rings is 1. The number of carbonyl (C=O) groups excluding carboxylic acids is 2. The van der Waals surface area contributed by atoms with Crippen LogP contribution in [0.5, 0.6) is 0 Å². The number of rotatable bonds is 7. The van der Waals surface area contributed by atoms with Crippen LogP contribution in [0.4, 0.5) is 11.4 Å². The average Bonchev–Trinajstić information content (AvgIpc) is 2.89. The fourth-order valence-corrected chi connectivity index (χ4v) is 4.52. The van der Waals surface area contributed by atoms with Gasteiger partial charge in [-0.05, 0) is 73.6 Å². The summed E-state index contributed by atoms with van der Waals surface area (Å²) in [6.45, 7) is 8.19. The molecule has 1 saturated heterocycles. The van der Waals surface area contributed by atoms with Crippen molar-refractivity contribution in [3.8, 4) is 0 Å². The molecule has 1 atom stereocenters. The molecule has 1 aliphatic rings. The first-order chi connectivity index (χ1) is 16.9. The highest BCUT2D eigenvalue weighted by Crippen LogP contribution is 2.29. The number of amides is 2. The predicted octanol–water partition coefficient (Wildman–Crippen LogP) is 6.23. The Kier molecular flexibility index (Phi) is 7.86. The zero-order valence-corrected chi connectivity index (χ0v) is 20.9. The molecule has 5 nitrogen and oxygen atoms in total. The van der Waals surface area contributed by atoms with Crippen molar-refractivity contribution < 1.29 is 9.59 Å². The molecule has 182 valence electrons. The zero-order valence-electron chi connectivity index (χ0n) is 20.9. The first kappa shape index (κ1) is 24.5. The van der Waals surface area contributed by atoms with Crippen molar-refractivity contribution in [1.82, 2.24) is 5.32 Å². The molecule has 0 spiro atoms. The molecule has 3 aromatic carbocycles. The van der Waals surface area contributed by atoms with Gasteiger partial charge in [0.2, 0.25) is 0 Å². The molecule has 1 unspecified atom stereocenters.